The molecule has 0 aliphatic heterocycles. The molecule has 0 saturated carbocycles. The van der Waals surface area contributed by atoms with E-state index in [0.717, 1.165) is 11.1 Å². The number of amides is 1. The molecule has 1 amide bonds. The minimum Gasteiger partial charge on any atom is -0.490 e. The van der Waals surface area contributed by atoms with Gasteiger partial charge in [0.2, 0.25) is 0 Å². The van der Waals surface area contributed by atoms with Crippen LogP contribution in [0.3, 0.4) is 0 Å². The molecule has 0 fully saturated rings. The smallest absolute Gasteiger partial charge is 0.311 e. The maximum absolute atomic E-state index is 11.8. The van der Waals surface area contributed by atoms with E-state index in [2.05, 4.69) is 10.5 Å². The summed E-state index contributed by atoms with van der Waals surface area (Å²) in [6.07, 6.45) is 1.31. The van der Waals surface area contributed by atoms with Crippen molar-refractivity contribution < 1.29 is 19.2 Å². The first-order valence-corrected chi connectivity index (χ1v) is 7.75. The lowest BCUT2D eigenvalue weighted by atomic mass is 10.1. The van der Waals surface area contributed by atoms with Crippen LogP contribution in [0.25, 0.3) is 0 Å². The van der Waals surface area contributed by atoms with Crippen molar-refractivity contribution >= 4 is 17.8 Å². The van der Waals surface area contributed by atoms with Crippen LogP contribution < -0.4 is 14.9 Å². The van der Waals surface area contributed by atoms with Crippen molar-refractivity contribution in [1.29, 1.82) is 0 Å². The Balaban J connectivity index is 1.91. The quantitative estimate of drug-likeness (QED) is 0.466. The molecule has 2 aromatic carbocycles. The van der Waals surface area contributed by atoms with Crippen LogP contribution in [0.2, 0.25) is 0 Å². The van der Waals surface area contributed by atoms with E-state index in [1.54, 1.807) is 12.1 Å². The summed E-state index contributed by atoms with van der Waals surface area (Å²) in [5.74, 6) is 0.304. The lowest BCUT2D eigenvalue weighted by molar-refractivity contribution is -0.385. The van der Waals surface area contributed by atoms with Gasteiger partial charge < -0.3 is 9.47 Å². The predicted octanol–water partition coefficient (Wildman–Crippen LogP) is 2.75. The number of nitro groups is 1. The first-order chi connectivity index (χ1) is 12.4. The Morgan fingerprint density at radius 1 is 1.23 bits per heavy atom. The molecule has 8 nitrogen and oxygen atoms in total. The van der Waals surface area contributed by atoms with Gasteiger partial charge in [0.15, 0.2) is 12.4 Å². The second-order valence-corrected chi connectivity index (χ2v) is 5.52. The summed E-state index contributed by atoms with van der Waals surface area (Å²) in [5, 5.41) is 14.7. The Kier molecular flexibility index (Phi) is 6.26. The molecule has 136 valence electrons. The van der Waals surface area contributed by atoms with Crippen LogP contribution in [0.5, 0.6) is 11.5 Å². The number of carbonyl (C=O) groups excluding carboxylic acids is 1. The molecule has 0 aliphatic rings. The molecule has 1 N–H and O–H groups in total. The molecule has 0 aromatic heterocycles. The highest BCUT2D eigenvalue weighted by Crippen LogP contribution is 2.26. The summed E-state index contributed by atoms with van der Waals surface area (Å²) in [4.78, 5) is 22.2. The van der Waals surface area contributed by atoms with Crippen molar-refractivity contribution in [2.75, 3.05) is 13.7 Å². The average molecular weight is 357 g/mol. The monoisotopic (exact) mass is 357 g/mol. The average Bonchev–Trinajstić information content (AvgIpc) is 2.62. The van der Waals surface area contributed by atoms with Gasteiger partial charge in [0, 0.05) is 11.6 Å². The fourth-order valence-electron chi connectivity index (χ4n) is 2.09. The lowest BCUT2D eigenvalue weighted by Gasteiger charge is -2.07. The maximum Gasteiger partial charge on any atom is 0.311 e. The normalized spacial score (nSPS) is 10.6. The molecule has 0 radical (unpaired) electrons. The van der Waals surface area contributed by atoms with E-state index in [1.165, 1.54) is 25.5 Å². The van der Waals surface area contributed by atoms with E-state index in [0.29, 0.717) is 11.3 Å². The highest BCUT2D eigenvalue weighted by atomic mass is 16.6. The Labute approximate surface area is 150 Å². The third-order valence-corrected chi connectivity index (χ3v) is 3.65. The predicted molar refractivity (Wildman–Crippen MR) is 96.8 cm³/mol. The first kappa shape index (κ1) is 18.9. The molecule has 0 spiro atoms. The summed E-state index contributed by atoms with van der Waals surface area (Å²) in [7, 11) is 1.35. The molecule has 0 bridgehead atoms. The van der Waals surface area contributed by atoms with Gasteiger partial charge in [-0.05, 0) is 49.2 Å². The van der Waals surface area contributed by atoms with Crippen molar-refractivity contribution in [3.63, 3.8) is 0 Å². The van der Waals surface area contributed by atoms with E-state index in [-0.39, 0.29) is 18.0 Å². The number of rotatable bonds is 7. The fraction of sp³-hybridized carbons (Fsp3) is 0.222. The van der Waals surface area contributed by atoms with Crippen molar-refractivity contribution in [2.45, 2.75) is 13.8 Å². The number of benzene rings is 2. The molecular weight excluding hydrogens is 338 g/mol. The summed E-state index contributed by atoms with van der Waals surface area (Å²) in [6.45, 7) is 3.76. The summed E-state index contributed by atoms with van der Waals surface area (Å²) in [5.41, 5.74) is 4.79. The van der Waals surface area contributed by atoms with Gasteiger partial charge >= 0.3 is 5.69 Å². The van der Waals surface area contributed by atoms with Crippen LogP contribution in [0.15, 0.2) is 41.5 Å². The fourth-order valence-corrected chi connectivity index (χ4v) is 2.09. The number of nitro benzene ring substituents is 1. The Morgan fingerprint density at radius 3 is 2.65 bits per heavy atom. The molecule has 0 heterocycles. The number of hydrogen-bond donors (Lipinski definition) is 1. The molecule has 2 rings (SSSR count). The van der Waals surface area contributed by atoms with Gasteiger partial charge in [-0.25, -0.2) is 5.43 Å². The number of hydrazone groups is 1. The number of nitrogens with zero attached hydrogens (tertiary/aromatic N) is 2. The van der Waals surface area contributed by atoms with Crippen LogP contribution in [-0.4, -0.2) is 30.8 Å². The number of nitrogens with one attached hydrogen (secondary N) is 1. The van der Waals surface area contributed by atoms with Gasteiger partial charge in [0.25, 0.3) is 5.91 Å². The maximum atomic E-state index is 11.8. The van der Waals surface area contributed by atoms with Crippen molar-refractivity contribution in [3.8, 4) is 11.5 Å². The number of ether oxygens (including phenoxy) is 2. The minimum atomic E-state index is -0.549. The number of carbonyl (C=O) groups is 1. The molecule has 0 atom stereocenters. The summed E-state index contributed by atoms with van der Waals surface area (Å²) >= 11 is 0. The lowest BCUT2D eigenvalue weighted by Crippen LogP contribution is -2.24. The van der Waals surface area contributed by atoms with E-state index < -0.39 is 10.8 Å². The van der Waals surface area contributed by atoms with Gasteiger partial charge in [-0.2, -0.15) is 5.10 Å². The van der Waals surface area contributed by atoms with Crippen LogP contribution >= 0.6 is 0 Å². The standard InChI is InChI=1S/C18H19N3O5/c1-12-4-6-15(8-13(12)2)26-11-18(22)20-19-10-14-5-7-17(25-3)16(9-14)21(23)24/h4-10H,11H2,1-3H3,(H,20,22)/b19-10+. The Morgan fingerprint density at radius 2 is 2.00 bits per heavy atom. The first-order valence-electron chi connectivity index (χ1n) is 7.75. The second kappa shape index (κ2) is 8.61. The van der Waals surface area contributed by atoms with Gasteiger partial charge in [-0.15, -0.1) is 0 Å². The largest absolute Gasteiger partial charge is 0.490 e. The number of aryl methyl sites for hydroxylation is 2. The van der Waals surface area contributed by atoms with E-state index >= 15 is 0 Å². The van der Waals surface area contributed by atoms with Crippen LogP contribution in [0.4, 0.5) is 5.69 Å². The number of methoxy groups -OCH3 is 1. The van der Waals surface area contributed by atoms with Gasteiger partial charge in [0.05, 0.1) is 18.2 Å². The molecule has 2 aromatic rings. The number of hydrogen-bond acceptors (Lipinski definition) is 6. The van der Waals surface area contributed by atoms with E-state index in [4.69, 9.17) is 9.47 Å². The topological polar surface area (TPSA) is 103 Å². The molecular formula is C18H19N3O5. The third-order valence-electron chi connectivity index (χ3n) is 3.65. The highest BCUT2D eigenvalue weighted by molar-refractivity contribution is 5.84. The summed E-state index contributed by atoms with van der Waals surface area (Å²) < 4.78 is 10.3. The zero-order chi connectivity index (χ0) is 19.1. The molecule has 0 saturated heterocycles. The van der Waals surface area contributed by atoms with Crippen LogP contribution in [0, 0.1) is 24.0 Å². The summed E-state index contributed by atoms with van der Waals surface area (Å²) in [6, 6.07) is 9.91. The SMILES string of the molecule is COc1ccc(/C=N/NC(=O)COc2ccc(C)c(C)c2)cc1[N+](=O)[O-]. The van der Waals surface area contributed by atoms with Crippen molar-refractivity contribution in [3.05, 3.63) is 63.2 Å². The molecule has 0 aliphatic carbocycles. The molecule has 8 heteroatoms. The van der Waals surface area contributed by atoms with Gasteiger partial charge in [-0.3, -0.25) is 14.9 Å². The van der Waals surface area contributed by atoms with E-state index in [1.807, 2.05) is 26.0 Å². The molecule has 26 heavy (non-hydrogen) atoms. The Bertz CT molecular complexity index is 849. The Hall–Kier alpha value is -3.42. The van der Waals surface area contributed by atoms with Crippen LogP contribution in [0.1, 0.15) is 16.7 Å². The second-order valence-electron chi connectivity index (χ2n) is 5.52. The van der Waals surface area contributed by atoms with Gasteiger partial charge in [-0.1, -0.05) is 6.07 Å². The minimum absolute atomic E-state index is 0.151. The zero-order valence-electron chi connectivity index (χ0n) is 14.7. The highest BCUT2D eigenvalue weighted by Gasteiger charge is 2.14. The van der Waals surface area contributed by atoms with E-state index in [9.17, 15) is 14.9 Å². The third kappa shape index (κ3) is 5.04. The zero-order valence-corrected chi connectivity index (χ0v) is 14.7. The van der Waals surface area contributed by atoms with Crippen molar-refractivity contribution in [2.24, 2.45) is 5.10 Å². The van der Waals surface area contributed by atoms with Crippen molar-refractivity contribution in [1.82, 2.24) is 5.43 Å². The molecule has 0 unspecified atom stereocenters. The van der Waals surface area contributed by atoms with Crippen LogP contribution in [-0.2, 0) is 4.79 Å². The van der Waals surface area contributed by atoms with Gasteiger partial charge in [0.1, 0.15) is 5.75 Å².